The van der Waals surface area contributed by atoms with Crippen LogP contribution in [0.5, 0.6) is 0 Å². The van der Waals surface area contributed by atoms with Gasteiger partial charge in [0.25, 0.3) is 0 Å². The van der Waals surface area contributed by atoms with Crippen molar-refractivity contribution in [2.75, 3.05) is 6.61 Å². The Morgan fingerprint density at radius 2 is 2.00 bits per heavy atom. The Bertz CT molecular complexity index is 705. The second-order valence-electron chi connectivity index (χ2n) is 8.98. The van der Waals surface area contributed by atoms with E-state index in [0.29, 0.717) is 25.2 Å². The number of fused-ring (bicyclic) bond motifs is 5. The quantitative estimate of drug-likeness (QED) is 0.756. The predicted octanol–water partition coefficient (Wildman–Crippen LogP) is 2.73. The zero-order chi connectivity index (χ0) is 18.0. The van der Waals surface area contributed by atoms with Gasteiger partial charge in [-0.2, -0.15) is 0 Å². The van der Waals surface area contributed by atoms with Crippen LogP contribution in [0.1, 0.15) is 58.8 Å². The van der Waals surface area contributed by atoms with Crippen LogP contribution in [0.2, 0.25) is 0 Å². The summed E-state index contributed by atoms with van der Waals surface area (Å²) in [5, 5.41) is 20.5. The summed E-state index contributed by atoms with van der Waals surface area (Å²) in [6, 6.07) is 0. The third kappa shape index (κ3) is 2.07. The van der Waals surface area contributed by atoms with E-state index in [1.54, 1.807) is 0 Å². The van der Waals surface area contributed by atoms with Crippen molar-refractivity contribution >= 4 is 11.6 Å². The van der Waals surface area contributed by atoms with Crippen molar-refractivity contribution < 1.29 is 19.8 Å². The van der Waals surface area contributed by atoms with Crippen LogP contribution in [0.15, 0.2) is 23.3 Å². The molecule has 2 fully saturated rings. The molecule has 4 aliphatic rings. The Kier molecular flexibility index (Phi) is 3.69. The molecule has 0 aromatic rings. The topological polar surface area (TPSA) is 74.6 Å². The first-order valence-corrected chi connectivity index (χ1v) is 9.57. The second kappa shape index (κ2) is 5.37. The molecule has 0 aromatic heterocycles. The Morgan fingerprint density at radius 3 is 2.72 bits per heavy atom. The van der Waals surface area contributed by atoms with Crippen molar-refractivity contribution in [3.05, 3.63) is 23.3 Å². The lowest BCUT2D eigenvalue weighted by Crippen LogP contribution is -2.55. The van der Waals surface area contributed by atoms with Crippen molar-refractivity contribution in [2.24, 2.45) is 22.7 Å². The van der Waals surface area contributed by atoms with Gasteiger partial charge in [-0.25, -0.2) is 0 Å². The van der Waals surface area contributed by atoms with E-state index in [1.807, 2.05) is 13.0 Å². The SMILES string of the molecule is C[C@@]12CCC(=O)C=C1CC[C@H]1C2=CC[C@@]2(C)[C@@H]1CC[C@@]2(O)C(=O)CO. The summed E-state index contributed by atoms with van der Waals surface area (Å²) in [7, 11) is 0. The van der Waals surface area contributed by atoms with Gasteiger partial charge in [-0.1, -0.05) is 31.1 Å². The molecular weight excluding hydrogens is 316 g/mol. The lowest BCUT2D eigenvalue weighted by Gasteiger charge is -2.54. The van der Waals surface area contributed by atoms with Crippen molar-refractivity contribution in [3.63, 3.8) is 0 Å². The van der Waals surface area contributed by atoms with Crippen LogP contribution < -0.4 is 0 Å². The van der Waals surface area contributed by atoms with Crippen molar-refractivity contribution in [2.45, 2.75) is 64.4 Å². The summed E-state index contributed by atoms with van der Waals surface area (Å²) >= 11 is 0. The van der Waals surface area contributed by atoms with Crippen LogP contribution in [0.25, 0.3) is 0 Å². The van der Waals surface area contributed by atoms with E-state index < -0.39 is 23.4 Å². The van der Waals surface area contributed by atoms with Crippen molar-refractivity contribution in [3.8, 4) is 0 Å². The lowest BCUT2D eigenvalue weighted by molar-refractivity contribution is -0.155. The summed E-state index contributed by atoms with van der Waals surface area (Å²) in [6.07, 6.45) is 9.48. The number of carbonyl (C=O) groups is 2. The van der Waals surface area contributed by atoms with E-state index in [4.69, 9.17) is 0 Å². The molecule has 25 heavy (non-hydrogen) atoms. The number of Topliss-reactive ketones (excluding diaryl/α,β-unsaturated/α-hetero) is 1. The molecule has 0 bridgehead atoms. The van der Waals surface area contributed by atoms with Crippen molar-refractivity contribution in [1.29, 1.82) is 0 Å². The molecule has 5 atom stereocenters. The van der Waals surface area contributed by atoms with E-state index in [1.165, 1.54) is 11.1 Å². The van der Waals surface area contributed by atoms with Gasteiger partial charge in [0.05, 0.1) is 0 Å². The van der Waals surface area contributed by atoms with E-state index in [9.17, 15) is 19.8 Å². The Balaban J connectivity index is 1.75. The van der Waals surface area contributed by atoms with E-state index in [-0.39, 0.29) is 17.1 Å². The first-order chi connectivity index (χ1) is 11.8. The van der Waals surface area contributed by atoms with Gasteiger partial charge in [-0.15, -0.1) is 0 Å². The minimum atomic E-state index is -1.41. The average Bonchev–Trinajstić information content (AvgIpc) is 2.87. The lowest BCUT2D eigenvalue weighted by atomic mass is 9.50. The third-order valence-corrected chi connectivity index (χ3v) is 8.09. The molecule has 4 rings (SSSR count). The summed E-state index contributed by atoms with van der Waals surface area (Å²) in [6.45, 7) is 3.71. The summed E-state index contributed by atoms with van der Waals surface area (Å²) in [4.78, 5) is 24.2. The smallest absolute Gasteiger partial charge is 0.190 e. The maximum atomic E-state index is 12.3. The molecular formula is C21H28O4. The van der Waals surface area contributed by atoms with E-state index in [0.717, 1.165) is 25.7 Å². The highest BCUT2D eigenvalue weighted by Crippen LogP contribution is 2.65. The summed E-state index contributed by atoms with van der Waals surface area (Å²) in [5.41, 5.74) is 0.770. The molecule has 0 saturated heterocycles. The van der Waals surface area contributed by atoms with Crippen LogP contribution in [0.4, 0.5) is 0 Å². The molecule has 0 unspecified atom stereocenters. The molecule has 4 nitrogen and oxygen atoms in total. The number of hydrogen-bond donors (Lipinski definition) is 2. The fourth-order valence-corrected chi connectivity index (χ4v) is 6.46. The first kappa shape index (κ1) is 17.2. The molecule has 0 aliphatic heterocycles. The molecule has 0 heterocycles. The summed E-state index contributed by atoms with van der Waals surface area (Å²) in [5.74, 6) is 0.454. The number of aliphatic hydroxyl groups is 2. The van der Waals surface area contributed by atoms with Gasteiger partial charge in [0.2, 0.25) is 0 Å². The highest BCUT2D eigenvalue weighted by molar-refractivity contribution is 5.92. The van der Waals surface area contributed by atoms with Gasteiger partial charge in [0.1, 0.15) is 12.2 Å². The molecule has 2 N–H and O–H groups in total. The number of rotatable bonds is 2. The van der Waals surface area contributed by atoms with Crippen LogP contribution in [-0.4, -0.2) is 34.0 Å². The summed E-state index contributed by atoms with van der Waals surface area (Å²) < 4.78 is 0. The monoisotopic (exact) mass is 344 g/mol. The van der Waals surface area contributed by atoms with Gasteiger partial charge in [-0.3, -0.25) is 9.59 Å². The maximum Gasteiger partial charge on any atom is 0.190 e. The first-order valence-electron chi connectivity index (χ1n) is 9.57. The van der Waals surface area contributed by atoms with Gasteiger partial charge >= 0.3 is 0 Å². The molecule has 2 saturated carbocycles. The zero-order valence-corrected chi connectivity index (χ0v) is 15.2. The van der Waals surface area contributed by atoms with E-state index in [2.05, 4.69) is 13.0 Å². The molecule has 0 aromatic carbocycles. The molecule has 0 radical (unpaired) electrons. The molecule has 0 spiro atoms. The largest absolute Gasteiger partial charge is 0.388 e. The van der Waals surface area contributed by atoms with Gasteiger partial charge < -0.3 is 10.2 Å². The molecule has 136 valence electrons. The molecule has 4 aliphatic carbocycles. The van der Waals surface area contributed by atoms with Crippen LogP contribution >= 0.6 is 0 Å². The Hall–Kier alpha value is -1.26. The van der Waals surface area contributed by atoms with Gasteiger partial charge in [-0.05, 0) is 56.4 Å². The molecule has 4 heteroatoms. The van der Waals surface area contributed by atoms with Gasteiger partial charge in [0.15, 0.2) is 11.6 Å². The Morgan fingerprint density at radius 1 is 1.24 bits per heavy atom. The second-order valence-corrected chi connectivity index (χ2v) is 8.98. The highest BCUT2D eigenvalue weighted by Gasteiger charge is 2.64. The van der Waals surface area contributed by atoms with Gasteiger partial charge in [0, 0.05) is 17.3 Å². The highest BCUT2D eigenvalue weighted by atomic mass is 16.3. The van der Waals surface area contributed by atoms with Crippen LogP contribution in [0.3, 0.4) is 0 Å². The predicted molar refractivity (Wildman–Crippen MR) is 93.7 cm³/mol. The fraction of sp³-hybridized carbons (Fsp3) is 0.714. The number of allylic oxidation sites excluding steroid dienone is 4. The zero-order valence-electron chi connectivity index (χ0n) is 15.2. The minimum Gasteiger partial charge on any atom is -0.388 e. The third-order valence-electron chi connectivity index (χ3n) is 8.09. The Labute approximate surface area is 149 Å². The number of aliphatic hydroxyl groups excluding tert-OH is 1. The average molecular weight is 344 g/mol. The normalized spacial score (nSPS) is 45.8. The van der Waals surface area contributed by atoms with Crippen LogP contribution in [0, 0.1) is 22.7 Å². The number of carbonyl (C=O) groups excluding carboxylic acids is 2. The number of hydrogen-bond acceptors (Lipinski definition) is 4. The number of ketones is 2. The van der Waals surface area contributed by atoms with Crippen LogP contribution in [-0.2, 0) is 9.59 Å². The standard InChI is InChI=1S/C21H28O4/c1-19-8-5-14(23)11-13(19)3-4-15-16(19)6-9-20(2)17(15)7-10-21(20,25)18(24)12-22/h6,11,15,17,22,25H,3-5,7-10,12H2,1-2H3/t15-,17+,19+,20-,21+/m0/s1. The maximum absolute atomic E-state index is 12.3. The molecule has 0 amide bonds. The van der Waals surface area contributed by atoms with Crippen molar-refractivity contribution in [1.82, 2.24) is 0 Å². The minimum absolute atomic E-state index is 0.0279. The van der Waals surface area contributed by atoms with E-state index >= 15 is 0 Å². The fourth-order valence-electron chi connectivity index (χ4n) is 6.46.